The third kappa shape index (κ3) is 5.03. The molecule has 3 rings (SSSR count). The molecule has 0 radical (unpaired) electrons. The number of nitrogens with one attached hydrogen (secondary N) is 3. The zero-order chi connectivity index (χ0) is 24.1. The highest BCUT2D eigenvalue weighted by molar-refractivity contribution is 6.12. The van der Waals surface area contributed by atoms with E-state index in [4.69, 9.17) is 5.41 Å². The Morgan fingerprint density at radius 2 is 2.18 bits per heavy atom. The smallest absolute Gasteiger partial charge is 0.263 e. The van der Waals surface area contributed by atoms with Crippen LogP contribution >= 0.6 is 0 Å². The number of halogens is 2. The zero-order valence-corrected chi connectivity index (χ0v) is 18.6. The number of nitriles is 1. The minimum atomic E-state index is -0.998. The van der Waals surface area contributed by atoms with E-state index in [-0.39, 0.29) is 23.2 Å². The van der Waals surface area contributed by atoms with Crippen molar-refractivity contribution in [3.8, 4) is 6.07 Å². The third-order valence-corrected chi connectivity index (χ3v) is 5.69. The summed E-state index contributed by atoms with van der Waals surface area (Å²) in [5, 5.41) is 20.1. The predicted molar refractivity (Wildman–Crippen MR) is 123 cm³/mol. The average molecular weight is 453 g/mol. The first-order valence-electron chi connectivity index (χ1n) is 10.6. The van der Waals surface area contributed by atoms with Gasteiger partial charge in [0.2, 0.25) is 0 Å². The Labute approximate surface area is 190 Å². The van der Waals surface area contributed by atoms with Crippen molar-refractivity contribution < 1.29 is 8.78 Å². The molecule has 3 unspecified atom stereocenters. The van der Waals surface area contributed by atoms with Crippen molar-refractivity contribution in [3.05, 3.63) is 57.1 Å². The van der Waals surface area contributed by atoms with Gasteiger partial charge in [-0.25, -0.2) is 18.8 Å². The standard InChI is InChI=1S/C23H25F2N7O/c1-4-9-29-20(28-3)14-6-7-15(14)21-31-22(19(18(27)11-26)23(33)32-21)30-12(2)13-5-8-16(24)17(25)10-13/h5,8-10,12,14-15,27H,4,6-7H2,1-3H3,(H2,30,31,32,33). The van der Waals surface area contributed by atoms with Gasteiger partial charge in [0.25, 0.3) is 5.56 Å². The highest BCUT2D eigenvalue weighted by atomic mass is 19.2. The van der Waals surface area contributed by atoms with Crippen LogP contribution in [0.1, 0.15) is 62.0 Å². The number of hydrogen-bond donors (Lipinski definition) is 3. The van der Waals surface area contributed by atoms with Crippen LogP contribution < -0.4 is 10.9 Å². The van der Waals surface area contributed by atoms with E-state index in [9.17, 15) is 18.8 Å². The third-order valence-electron chi connectivity index (χ3n) is 5.69. The molecule has 2 aromatic rings. The molecule has 1 aliphatic rings. The molecule has 0 bridgehead atoms. The SMILES string of the molecule is CCC=NC(=NC)C1CCC1c1nc(NC(C)c2ccc(F)c(F)c2)c(C(=N)C#N)c(=O)[nH]1. The summed E-state index contributed by atoms with van der Waals surface area (Å²) in [6.07, 6.45) is 4.15. The van der Waals surface area contributed by atoms with Crippen molar-refractivity contribution in [2.45, 2.75) is 45.1 Å². The fraction of sp³-hybridized carbons (Fsp3) is 0.391. The normalized spacial score (nSPS) is 19.1. The molecule has 1 aromatic carbocycles. The van der Waals surface area contributed by atoms with Gasteiger partial charge in [-0.3, -0.25) is 15.2 Å². The first-order chi connectivity index (χ1) is 15.8. The van der Waals surface area contributed by atoms with E-state index in [0.29, 0.717) is 17.2 Å². The maximum atomic E-state index is 13.7. The number of aromatic amines is 1. The summed E-state index contributed by atoms with van der Waals surface area (Å²) < 4.78 is 27.0. The molecule has 8 nitrogen and oxygen atoms in total. The van der Waals surface area contributed by atoms with Crippen LogP contribution in [0.4, 0.5) is 14.6 Å². The van der Waals surface area contributed by atoms with Gasteiger partial charge >= 0.3 is 0 Å². The van der Waals surface area contributed by atoms with Crippen LogP contribution in [0.2, 0.25) is 0 Å². The molecular formula is C23H25F2N7O. The zero-order valence-electron chi connectivity index (χ0n) is 18.6. The van der Waals surface area contributed by atoms with E-state index in [0.717, 1.165) is 31.4 Å². The van der Waals surface area contributed by atoms with Gasteiger partial charge in [-0.1, -0.05) is 13.0 Å². The highest BCUT2D eigenvalue weighted by Gasteiger charge is 2.38. The summed E-state index contributed by atoms with van der Waals surface area (Å²) in [6.45, 7) is 3.66. The summed E-state index contributed by atoms with van der Waals surface area (Å²) in [6, 6.07) is 4.56. The second-order valence-electron chi connectivity index (χ2n) is 7.79. The van der Waals surface area contributed by atoms with Gasteiger partial charge in [-0.05, 0) is 43.9 Å². The summed E-state index contributed by atoms with van der Waals surface area (Å²) >= 11 is 0. The van der Waals surface area contributed by atoms with Crippen LogP contribution in [-0.4, -0.2) is 34.8 Å². The van der Waals surface area contributed by atoms with Crippen molar-refractivity contribution in [1.82, 2.24) is 9.97 Å². The van der Waals surface area contributed by atoms with Gasteiger partial charge in [-0.15, -0.1) is 0 Å². The van der Waals surface area contributed by atoms with Gasteiger partial charge in [0.05, 0.1) is 6.04 Å². The highest BCUT2D eigenvalue weighted by Crippen LogP contribution is 2.42. The minimum absolute atomic E-state index is 0.0151. The number of aliphatic imine (C=N–C) groups is 2. The van der Waals surface area contributed by atoms with Gasteiger partial charge in [0.1, 0.15) is 34.8 Å². The summed E-state index contributed by atoms with van der Waals surface area (Å²) in [4.78, 5) is 28.8. The molecule has 33 heavy (non-hydrogen) atoms. The van der Waals surface area contributed by atoms with Crippen molar-refractivity contribution in [3.63, 3.8) is 0 Å². The topological polar surface area (TPSA) is 130 Å². The van der Waals surface area contributed by atoms with E-state index in [1.165, 1.54) is 6.07 Å². The molecule has 3 atom stereocenters. The van der Waals surface area contributed by atoms with Crippen molar-refractivity contribution in [2.24, 2.45) is 15.9 Å². The monoisotopic (exact) mass is 453 g/mol. The molecule has 10 heteroatoms. The number of aromatic nitrogens is 2. The van der Waals surface area contributed by atoms with Crippen molar-refractivity contribution in [1.29, 1.82) is 10.7 Å². The maximum Gasteiger partial charge on any atom is 0.263 e. The second kappa shape index (κ2) is 10.3. The number of anilines is 1. The lowest BCUT2D eigenvalue weighted by Gasteiger charge is -2.35. The average Bonchev–Trinajstić information content (AvgIpc) is 2.76. The summed E-state index contributed by atoms with van der Waals surface area (Å²) in [5.74, 6) is -0.997. The van der Waals surface area contributed by atoms with Crippen LogP contribution in [0.15, 0.2) is 33.0 Å². The Bertz CT molecular complexity index is 1210. The van der Waals surface area contributed by atoms with Gasteiger partial charge in [0.15, 0.2) is 11.6 Å². The number of H-pyrrole nitrogens is 1. The molecule has 3 N–H and O–H groups in total. The molecule has 1 saturated carbocycles. The van der Waals surface area contributed by atoms with Crippen LogP contribution in [-0.2, 0) is 0 Å². The van der Waals surface area contributed by atoms with Crippen LogP contribution in [0.5, 0.6) is 0 Å². The number of nitrogens with zero attached hydrogens (tertiary/aromatic N) is 4. The molecular weight excluding hydrogens is 428 g/mol. The lowest BCUT2D eigenvalue weighted by Crippen LogP contribution is -2.34. The molecule has 0 spiro atoms. The maximum absolute atomic E-state index is 13.7. The van der Waals surface area contributed by atoms with E-state index >= 15 is 0 Å². The Balaban J connectivity index is 1.99. The lowest BCUT2D eigenvalue weighted by molar-refractivity contribution is 0.322. The number of amidine groups is 1. The van der Waals surface area contributed by atoms with Gasteiger partial charge in [0, 0.05) is 25.1 Å². The minimum Gasteiger partial charge on any atom is -0.363 e. The first-order valence-corrected chi connectivity index (χ1v) is 10.6. The van der Waals surface area contributed by atoms with Gasteiger partial charge in [-0.2, -0.15) is 5.26 Å². The van der Waals surface area contributed by atoms with E-state index < -0.39 is 28.9 Å². The summed E-state index contributed by atoms with van der Waals surface area (Å²) in [7, 11) is 1.67. The van der Waals surface area contributed by atoms with Crippen LogP contribution in [0.3, 0.4) is 0 Å². The van der Waals surface area contributed by atoms with Crippen LogP contribution in [0, 0.1) is 34.3 Å². The molecule has 0 amide bonds. The Morgan fingerprint density at radius 3 is 2.76 bits per heavy atom. The second-order valence-corrected chi connectivity index (χ2v) is 7.79. The van der Waals surface area contributed by atoms with Crippen LogP contribution in [0.25, 0.3) is 0 Å². The Morgan fingerprint density at radius 1 is 1.42 bits per heavy atom. The molecule has 1 aliphatic carbocycles. The number of benzene rings is 1. The fourth-order valence-corrected chi connectivity index (χ4v) is 3.77. The van der Waals surface area contributed by atoms with E-state index in [1.807, 2.05) is 6.92 Å². The molecule has 0 aliphatic heterocycles. The molecule has 1 fully saturated rings. The molecule has 172 valence electrons. The number of hydrogen-bond acceptors (Lipinski definition) is 6. The summed E-state index contributed by atoms with van der Waals surface area (Å²) in [5.41, 5.74) is -0.962. The van der Waals surface area contributed by atoms with E-state index in [2.05, 4.69) is 25.3 Å². The largest absolute Gasteiger partial charge is 0.363 e. The quantitative estimate of drug-likeness (QED) is 0.430. The van der Waals surface area contributed by atoms with E-state index in [1.54, 1.807) is 26.3 Å². The van der Waals surface area contributed by atoms with Gasteiger partial charge < -0.3 is 10.3 Å². The Kier molecular flexibility index (Phi) is 7.43. The molecule has 0 saturated heterocycles. The Hall–Kier alpha value is -3.74. The lowest BCUT2D eigenvalue weighted by atomic mass is 9.72. The van der Waals surface area contributed by atoms with Crippen molar-refractivity contribution in [2.75, 3.05) is 12.4 Å². The molecule has 1 aromatic heterocycles. The predicted octanol–water partition coefficient (Wildman–Crippen LogP) is 4.12. The first kappa shape index (κ1) is 23.9. The fourth-order valence-electron chi connectivity index (χ4n) is 3.77. The number of rotatable bonds is 7. The molecule has 1 heterocycles. The van der Waals surface area contributed by atoms with Crippen molar-refractivity contribution >= 4 is 23.6 Å².